The minimum absolute atomic E-state index is 0.0562. The van der Waals surface area contributed by atoms with Gasteiger partial charge in [0.2, 0.25) is 6.39 Å². The molecule has 94 valence electrons. The van der Waals surface area contributed by atoms with Crippen molar-refractivity contribution in [3.8, 4) is 0 Å². The maximum Gasteiger partial charge on any atom is 0.270 e. The lowest BCUT2D eigenvalue weighted by atomic mass is 10.2. The number of nitro groups is 1. The van der Waals surface area contributed by atoms with Crippen LogP contribution < -0.4 is 5.32 Å². The van der Waals surface area contributed by atoms with Crippen LogP contribution in [0.15, 0.2) is 33.6 Å². The van der Waals surface area contributed by atoms with Gasteiger partial charge in [-0.3, -0.25) is 10.1 Å². The average molecular weight is 313 g/mol. The van der Waals surface area contributed by atoms with Crippen LogP contribution in [0.2, 0.25) is 0 Å². The summed E-state index contributed by atoms with van der Waals surface area (Å²) in [6.07, 6.45) is 1.25. The second-order valence-electron chi connectivity index (χ2n) is 3.53. The molecule has 1 N–H and O–H groups in total. The molecule has 2 rings (SSSR count). The van der Waals surface area contributed by atoms with E-state index in [-0.39, 0.29) is 5.69 Å². The molecule has 8 heteroatoms. The predicted octanol–water partition coefficient (Wildman–Crippen LogP) is 2.03. The Balaban J connectivity index is 1.98. The van der Waals surface area contributed by atoms with Gasteiger partial charge >= 0.3 is 0 Å². The van der Waals surface area contributed by atoms with Gasteiger partial charge in [0.05, 0.1) is 11.5 Å². The number of hydrogen-bond acceptors (Lipinski definition) is 6. The SMILES string of the molecule is O=[N+]([O-])c1cc(Br)cc(CNCc2ncon2)c1. The topological polar surface area (TPSA) is 94.1 Å². The Labute approximate surface area is 110 Å². The largest absolute Gasteiger partial charge is 0.343 e. The summed E-state index contributed by atoms with van der Waals surface area (Å²) in [4.78, 5) is 14.1. The van der Waals surface area contributed by atoms with Crippen molar-refractivity contribution in [3.63, 3.8) is 0 Å². The van der Waals surface area contributed by atoms with Crippen LogP contribution in [-0.4, -0.2) is 15.1 Å². The minimum Gasteiger partial charge on any atom is -0.343 e. The summed E-state index contributed by atoms with van der Waals surface area (Å²) in [5.74, 6) is 0.541. The van der Waals surface area contributed by atoms with E-state index >= 15 is 0 Å². The van der Waals surface area contributed by atoms with E-state index in [0.717, 1.165) is 5.56 Å². The summed E-state index contributed by atoms with van der Waals surface area (Å²) in [5, 5.41) is 17.4. The van der Waals surface area contributed by atoms with E-state index in [1.807, 2.05) is 6.07 Å². The van der Waals surface area contributed by atoms with Crippen molar-refractivity contribution in [2.24, 2.45) is 0 Å². The first-order valence-corrected chi connectivity index (χ1v) is 5.84. The number of rotatable bonds is 5. The van der Waals surface area contributed by atoms with Crippen LogP contribution in [-0.2, 0) is 13.1 Å². The van der Waals surface area contributed by atoms with E-state index in [1.54, 1.807) is 0 Å². The molecule has 0 bridgehead atoms. The van der Waals surface area contributed by atoms with Gasteiger partial charge in [0, 0.05) is 23.2 Å². The quantitative estimate of drug-likeness (QED) is 0.670. The first kappa shape index (κ1) is 12.7. The van der Waals surface area contributed by atoms with Crippen molar-refractivity contribution in [2.75, 3.05) is 0 Å². The zero-order chi connectivity index (χ0) is 13.0. The number of hydrogen-bond donors (Lipinski definition) is 1. The highest BCUT2D eigenvalue weighted by Gasteiger charge is 2.08. The fourth-order valence-electron chi connectivity index (χ4n) is 1.43. The Morgan fingerprint density at radius 1 is 1.39 bits per heavy atom. The molecule has 0 fully saturated rings. The Morgan fingerprint density at radius 2 is 2.22 bits per heavy atom. The smallest absolute Gasteiger partial charge is 0.270 e. The van der Waals surface area contributed by atoms with Gasteiger partial charge in [0.1, 0.15) is 0 Å². The van der Waals surface area contributed by atoms with E-state index < -0.39 is 4.92 Å². The molecule has 0 atom stereocenters. The summed E-state index contributed by atoms with van der Waals surface area (Å²) < 4.78 is 5.26. The van der Waals surface area contributed by atoms with Crippen LogP contribution in [0.25, 0.3) is 0 Å². The number of benzene rings is 1. The fourth-order valence-corrected chi connectivity index (χ4v) is 1.96. The van der Waals surface area contributed by atoms with Crippen molar-refractivity contribution in [1.82, 2.24) is 15.5 Å². The molecule has 1 aromatic carbocycles. The first-order valence-electron chi connectivity index (χ1n) is 5.05. The maximum atomic E-state index is 10.7. The number of non-ortho nitro benzene ring substituents is 1. The monoisotopic (exact) mass is 312 g/mol. The Hall–Kier alpha value is -1.80. The lowest BCUT2D eigenvalue weighted by Gasteiger charge is -2.03. The molecule has 0 saturated carbocycles. The van der Waals surface area contributed by atoms with E-state index in [4.69, 9.17) is 0 Å². The molecule has 18 heavy (non-hydrogen) atoms. The molecule has 1 heterocycles. The standard InChI is InChI=1S/C10H9BrN4O3/c11-8-1-7(2-9(3-8)15(16)17)4-12-5-10-13-6-18-14-10/h1-3,6,12H,4-5H2. The molecule has 0 aliphatic heterocycles. The van der Waals surface area contributed by atoms with E-state index in [2.05, 4.69) is 35.9 Å². The van der Waals surface area contributed by atoms with E-state index in [9.17, 15) is 10.1 Å². The van der Waals surface area contributed by atoms with Crippen LogP contribution in [0.5, 0.6) is 0 Å². The predicted molar refractivity (Wildman–Crippen MR) is 65.6 cm³/mol. The second-order valence-corrected chi connectivity index (χ2v) is 4.44. The number of nitro benzene ring substituents is 1. The Bertz CT molecular complexity index is 544. The Morgan fingerprint density at radius 3 is 2.89 bits per heavy atom. The second kappa shape index (κ2) is 5.69. The first-order chi connectivity index (χ1) is 8.65. The third kappa shape index (κ3) is 3.34. The van der Waals surface area contributed by atoms with Gasteiger partial charge < -0.3 is 9.84 Å². The number of nitrogens with one attached hydrogen (secondary N) is 1. The highest BCUT2D eigenvalue weighted by Crippen LogP contribution is 2.21. The molecule has 2 aromatic rings. The molecule has 0 saturated heterocycles. The molecular weight excluding hydrogens is 304 g/mol. The normalized spacial score (nSPS) is 10.5. The van der Waals surface area contributed by atoms with Crippen LogP contribution in [0, 0.1) is 10.1 Å². The van der Waals surface area contributed by atoms with E-state index in [1.165, 1.54) is 18.5 Å². The lowest BCUT2D eigenvalue weighted by Crippen LogP contribution is -2.13. The van der Waals surface area contributed by atoms with Gasteiger partial charge in [-0.05, 0) is 11.6 Å². The van der Waals surface area contributed by atoms with Crippen molar-refractivity contribution in [2.45, 2.75) is 13.1 Å². The van der Waals surface area contributed by atoms with Crippen LogP contribution in [0.4, 0.5) is 5.69 Å². The van der Waals surface area contributed by atoms with Gasteiger partial charge in [-0.1, -0.05) is 21.1 Å². The third-order valence-electron chi connectivity index (χ3n) is 2.17. The van der Waals surface area contributed by atoms with Crippen molar-refractivity contribution < 1.29 is 9.45 Å². The van der Waals surface area contributed by atoms with Gasteiger partial charge in [0.25, 0.3) is 5.69 Å². The lowest BCUT2D eigenvalue weighted by molar-refractivity contribution is -0.385. The molecule has 0 radical (unpaired) electrons. The van der Waals surface area contributed by atoms with E-state index in [0.29, 0.717) is 23.4 Å². The fraction of sp³-hybridized carbons (Fsp3) is 0.200. The van der Waals surface area contributed by atoms with Crippen molar-refractivity contribution in [1.29, 1.82) is 0 Å². The van der Waals surface area contributed by atoms with Crippen molar-refractivity contribution in [3.05, 3.63) is 50.6 Å². The van der Waals surface area contributed by atoms with Gasteiger partial charge in [-0.15, -0.1) is 0 Å². The molecule has 7 nitrogen and oxygen atoms in total. The minimum atomic E-state index is -0.423. The molecule has 0 aliphatic carbocycles. The Kier molecular flexibility index (Phi) is 4.00. The van der Waals surface area contributed by atoms with Crippen LogP contribution in [0.1, 0.15) is 11.4 Å². The number of nitrogens with zero attached hydrogens (tertiary/aromatic N) is 3. The highest BCUT2D eigenvalue weighted by molar-refractivity contribution is 9.10. The summed E-state index contributed by atoms with van der Waals surface area (Å²) in [5.41, 5.74) is 0.861. The molecule has 0 aliphatic rings. The van der Waals surface area contributed by atoms with Crippen LogP contribution in [0.3, 0.4) is 0 Å². The summed E-state index contributed by atoms with van der Waals surface area (Å²) in [6.45, 7) is 0.922. The highest BCUT2D eigenvalue weighted by atomic mass is 79.9. The number of aromatic nitrogens is 2. The van der Waals surface area contributed by atoms with Gasteiger partial charge in [0.15, 0.2) is 5.82 Å². The third-order valence-corrected chi connectivity index (χ3v) is 2.63. The zero-order valence-electron chi connectivity index (χ0n) is 9.17. The maximum absolute atomic E-state index is 10.7. The van der Waals surface area contributed by atoms with Crippen LogP contribution >= 0.6 is 15.9 Å². The van der Waals surface area contributed by atoms with Gasteiger partial charge in [-0.2, -0.15) is 4.98 Å². The number of halogens is 1. The molecule has 0 amide bonds. The zero-order valence-corrected chi connectivity index (χ0v) is 10.8. The summed E-state index contributed by atoms with van der Waals surface area (Å²) >= 11 is 3.24. The van der Waals surface area contributed by atoms with Crippen molar-refractivity contribution >= 4 is 21.6 Å². The average Bonchev–Trinajstić information content (AvgIpc) is 2.81. The summed E-state index contributed by atoms with van der Waals surface area (Å²) in [7, 11) is 0. The summed E-state index contributed by atoms with van der Waals surface area (Å²) in [6, 6.07) is 4.80. The molecule has 1 aromatic heterocycles. The molecule has 0 unspecified atom stereocenters. The molecule has 0 spiro atoms. The molecular formula is C10H9BrN4O3. The van der Waals surface area contributed by atoms with Gasteiger partial charge in [-0.25, -0.2) is 0 Å².